The summed E-state index contributed by atoms with van der Waals surface area (Å²) in [7, 11) is 0. The van der Waals surface area contributed by atoms with Crippen molar-refractivity contribution < 1.29 is 4.42 Å². The largest absolute Gasteiger partial charge is 0.454 e. The monoisotopic (exact) mass is 690 g/mol. The van der Waals surface area contributed by atoms with Crippen molar-refractivity contribution >= 4 is 54.5 Å². The van der Waals surface area contributed by atoms with Gasteiger partial charge >= 0.3 is 0 Å². The molecule has 0 amide bonds. The van der Waals surface area contributed by atoms with Crippen LogP contribution in [-0.4, -0.2) is 19.5 Å². The molecule has 8 aromatic carbocycles. The summed E-state index contributed by atoms with van der Waals surface area (Å²) < 4.78 is 9.32. The van der Waals surface area contributed by atoms with Gasteiger partial charge in [0, 0.05) is 38.2 Å². The van der Waals surface area contributed by atoms with Gasteiger partial charge in [-0.1, -0.05) is 140 Å². The summed E-state index contributed by atoms with van der Waals surface area (Å²) in [6.07, 6.45) is 0. The summed E-state index contributed by atoms with van der Waals surface area (Å²) in [5.41, 5.74) is 9.82. The molecule has 54 heavy (non-hydrogen) atoms. The SMILES string of the molecule is c1ccc(-c2nc(-c3ccccc3)nc(-c3ccc4c(c3)oc3c(-n5c6ccccc6c6ccccc65)cc(-c5ccc6ccccc6c5)cc34)n2)cc1. The van der Waals surface area contributed by atoms with Crippen LogP contribution in [0.2, 0.25) is 0 Å². The van der Waals surface area contributed by atoms with Gasteiger partial charge in [0.25, 0.3) is 0 Å². The van der Waals surface area contributed by atoms with Gasteiger partial charge in [0.15, 0.2) is 23.1 Å². The molecule has 3 heterocycles. The molecule has 0 N–H and O–H groups in total. The lowest BCUT2D eigenvalue weighted by atomic mass is 9.98. The Bertz CT molecular complexity index is 3110. The predicted octanol–water partition coefficient (Wildman–Crippen LogP) is 12.7. The van der Waals surface area contributed by atoms with Gasteiger partial charge in [-0.2, -0.15) is 0 Å². The highest BCUT2D eigenvalue weighted by molar-refractivity contribution is 6.14. The Labute approximate surface area is 310 Å². The summed E-state index contributed by atoms with van der Waals surface area (Å²) >= 11 is 0. The number of hydrogen-bond donors (Lipinski definition) is 0. The smallest absolute Gasteiger partial charge is 0.164 e. The van der Waals surface area contributed by atoms with E-state index in [1.54, 1.807) is 0 Å². The van der Waals surface area contributed by atoms with E-state index in [9.17, 15) is 0 Å². The zero-order valence-electron chi connectivity index (χ0n) is 29.0. The maximum Gasteiger partial charge on any atom is 0.164 e. The molecule has 0 saturated carbocycles. The van der Waals surface area contributed by atoms with Crippen LogP contribution in [-0.2, 0) is 0 Å². The Morgan fingerprint density at radius 1 is 0.352 bits per heavy atom. The molecule has 0 unspecified atom stereocenters. The highest BCUT2D eigenvalue weighted by atomic mass is 16.3. The molecular formula is C49H30N4O. The standard InChI is InChI=1S/C49H30N4O/c1-3-14-32(15-4-1)47-50-48(33-16-5-2-6-17-33)52-49(51-47)36-25-26-40-41-28-37(35-24-23-31-13-7-8-18-34(31)27-35)29-44(46(41)54-45(40)30-36)53-42-21-11-9-19-38(42)39-20-10-12-22-43(39)53/h1-30H. The summed E-state index contributed by atoms with van der Waals surface area (Å²) in [6, 6.07) is 63.4. The van der Waals surface area contributed by atoms with E-state index in [0.717, 1.165) is 66.5 Å². The van der Waals surface area contributed by atoms with Crippen LogP contribution in [0.1, 0.15) is 0 Å². The Morgan fingerprint density at radius 2 is 0.907 bits per heavy atom. The van der Waals surface area contributed by atoms with Gasteiger partial charge < -0.3 is 8.98 Å². The van der Waals surface area contributed by atoms with Crippen molar-refractivity contribution in [3.05, 3.63) is 182 Å². The zero-order valence-corrected chi connectivity index (χ0v) is 29.0. The summed E-state index contributed by atoms with van der Waals surface area (Å²) in [5, 5.41) is 6.90. The quantitative estimate of drug-likeness (QED) is 0.180. The maximum atomic E-state index is 6.97. The summed E-state index contributed by atoms with van der Waals surface area (Å²) in [4.78, 5) is 14.9. The topological polar surface area (TPSA) is 56.7 Å². The van der Waals surface area contributed by atoms with Crippen LogP contribution in [0, 0.1) is 0 Å². The number of para-hydroxylation sites is 2. The van der Waals surface area contributed by atoms with E-state index in [4.69, 9.17) is 19.4 Å². The van der Waals surface area contributed by atoms with E-state index >= 15 is 0 Å². The molecule has 5 heteroatoms. The van der Waals surface area contributed by atoms with Gasteiger partial charge in [-0.15, -0.1) is 0 Å². The molecule has 11 rings (SSSR count). The van der Waals surface area contributed by atoms with Gasteiger partial charge in [0.05, 0.1) is 16.7 Å². The van der Waals surface area contributed by atoms with Crippen molar-refractivity contribution in [1.82, 2.24) is 19.5 Å². The van der Waals surface area contributed by atoms with Gasteiger partial charge in [-0.3, -0.25) is 0 Å². The van der Waals surface area contributed by atoms with Gasteiger partial charge in [0.1, 0.15) is 5.58 Å². The lowest BCUT2D eigenvalue weighted by Gasteiger charge is -2.12. The molecule has 252 valence electrons. The lowest BCUT2D eigenvalue weighted by molar-refractivity contribution is 0.666. The van der Waals surface area contributed by atoms with Crippen LogP contribution < -0.4 is 0 Å². The number of fused-ring (bicyclic) bond motifs is 7. The highest BCUT2D eigenvalue weighted by Gasteiger charge is 2.21. The van der Waals surface area contributed by atoms with E-state index in [1.165, 1.54) is 21.5 Å². The molecule has 11 aromatic rings. The Balaban J connectivity index is 1.17. The number of nitrogens with zero attached hydrogens (tertiary/aromatic N) is 4. The van der Waals surface area contributed by atoms with Crippen LogP contribution in [0.15, 0.2) is 186 Å². The first-order chi connectivity index (χ1) is 26.7. The fraction of sp³-hybridized carbons (Fsp3) is 0. The first kappa shape index (κ1) is 30.3. The van der Waals surface area contributed by atoms with E-state index in [1.807, 2.05) is 60.7 Å². The number of hydrogen-bond acceptors (Lipinski definition) is 4. The molecule has 0 saturated heterocycles. The molecule has 5 nitrogen and oxygen atoms in total. The van der Waals surface area contributed by atoms with Crippen LogP contribution in [0.4, 0.5) is 0 Å². The minimum atomic E-state index is 0.588. The summed E-state index contributed by atoms with van der Waals surface area (Å²) in [5.74, 6) is 1.83. The van der Waals surface area contributed by atoms with Crippen molar-refractivity contribution in [1.29, 1.82) is 0 Å². The minimum Gasteiger partial charge on any atom is -0.454 e. The Morgan fingerprint density at radius 3 is 1.57 bits per heavy atom. The first-order valence-corrected chi connectivity index (χ1v) is 18.1. The second-order valence-electron chi connectivity index (χ2n) is 13.7. The molecule has 0 fully saturated rings. The molecule has 0 radical (unpaired) electrons. The van der Waals surface area contributed by atoms with Crippen molar-refractivity contribution in [3.8, 4) is 51.0 Å². The minimum absolute atomic E-state index is 0.588. The van der Waals surface area contributed by atoms with Crippen molar-refractivity contribution in [2.75, 3.05) is 0 Å². The molecule has 0 spiro atoms. The molecule has 0 aliphatic heterocycles. The van der Waals surface area contributed by atoms with Gasteiger partial charge in [-0.25, -0.2) is 15.0 Å². The van der Waals surface area contributed by atoms with Gasteiger partial charge in [0.2, 0.25) is 0 Å². The number of aromatic nitrogens is 4. The average Bonchev–Trinajstić information content (AvgIpc) is 3.79. The Hall–Kier alpha value is -7.37. The van der Waals surface area contributed by atoms with Gasteiger partial charge in [-0.05, 0) is 64.4 Å². The summed E-state index contributed by atoms with van der Waals surface area (Å²) in [6.45, 7) is 0. The van der Waals surface area contributed by atoms with Crippen molar-refractivity contribution in [2.24, 2.45) is 0 Å². The maximum absolute atomic E-state index is 6.97. The van der Waals surface area contributed by atoms with E-state index in [-0.39, 0.29) is 0 Å². The second-order valence-corrected chi connectivity index (χ2v) is 13.7. The van der Waals surface area contributed by atoms with Crippen LogP contribution >= 0.6 is 0 Å². The van der Waals surface area contributed by atoms with Crippen LogP contribution in [0.25, 0.3) is 105 Å². The first-order valence-electron chi connectivity index (χ1n) is 18.1. The average molecular weight is 691 g/mol. The number of benzene rings is 8. The van der Waals surface area contributed by atoms with E-state index in [2.05, 4.69) is 126 Å². The fourth-order valence-corrected chi connectivity index (χ4v) is 7.82. The molecule has 0 aliphatic rings. The molecule has 0 atom stereocenters. The van der Waals surface area contributed by atoms with E-state index in [0.29, 0.717) is 17.5 Å². The molecule has 0 bridgehead atoms. The third-order valence-electron chi connectivity index (χ3n) is 10.4. The number of rotatable bonds is 5. The highest BCUT2D eigenvalue weighted by Crippen LogP contribution is 2.42. The molecule has 3 aromatic heterocycles. The predicted molar refractivity (Wildman–Crippen MR) is 221 cm³/mol. The normalized spacial score (nSPS) is 11.7. The number of furan rings is 1. The zero-order chi connectivity index (χ0) is 35.6. The van der Waals surface area contributed by atoms with Crippen LogP contribution in [0.3, 0.4) is 0 Å². The second kappa shape index (κ2) is 12.1. The fourth-order valence-electron chi connectivity index (χ4n) is 7.82. The van der Waals surface area contributed by atoms with Crippen molar-refractivity contribution in [3.63, 3.8) is 0 Å². The third kappa shape index (κ3) is 4.90. The van der Waals surface area contributed by atoms with Crippen LogP contribution in [0.5, 0.6) is 0 Å². The lowest BCUT2D eigenvalue weighted by Crippen LogP contribution is -2.00. The molecule has 0 aliphatic carbocycles. The van der Waals surface area contributed by atoms with Crippen molar-refractivity contribution in [2.45, 2.75) is 0 Å². The molecular weight excluding hydrogens is 661 g/mol. The Kier molecular flexibility index (Phi) is 6.79. The third-order valence-corrected chi connectivity index (χ3v) is 10.4. The van der Waals surface area contributed by atoms with E-state index < -0.39 is 0 Å².